The molecule has 0 bridgehead atoms. The smallest absolute Gasteiger partial charge is 0.330 e. The normalized spacial score (nSPS) is 15.1. The number of carbonyl (C=O) groups is 2. The third kappa shape index (κ3) is 7.42. The molecule has 1 N–H and O–H groups in total. The summed E-state index contributed by atoms with van der Waals surface area (Å²) in [5, 5.41) is 2.69. The third-order valence-corrected chi connectivity index (χ3v) is 4.30. The van der Waals surface area contributed by atoms with Crippen molar-refractivity contribution in [2.45, 2.75) is 45.4 Å². The summed E-state index contributed by atoms with van der Waals surface area (Å²) >= 11 is 0. The first kappa shape index (κ1) is 19.0. The van der Waals surface area contributed by atoms with Gasteiger partial charge in [0.1, 0.15) is 5.75 Å². The lowest BCUT2D eigenvalue weighted by molar-refractivity contribution is -0.137. The predicted molar refractivity (Wildman–Crippen MR) is 97.5 cm³/mol. The molecule has 0 saturated heterocycles. The summed E-state index contributed by atoms with van der Waals surface area (Å²) in [4.78, 5) is 22.9. The Labute approximate surface area is 149 Å². The van der Waals surface area contributed by atoms with Crippen molar-refractivity contribution in [3.8, 4) is 5.75 Å². The molecule has 0 aliphatic heterocycles. The van der Waals surface area contributed by atoms with E-state index in [1.807, 2.05) is 12.1 Å². The van der Waals surface area contributed by atoms with Gasteiger partial charge in [-0.2, -0.15) is 0 Å². The number of carbonyl (C=O) groups excluding carboxylic acids is 2. The van der Waals surface area contributed by atoms with E-state index in [-0.39, 0.29) is 12.5 Å². The van der Waals surface area contributed by atoms with Crippen molar-refractivity contribution in [1.29, 1.82) is 0 Å². The topological polar surface area (TPSA) is 64.6 Å². The number of esters is 1. The van der Waals surface area contributed by atoms with Crippen LogP contribution in [0.2, 0.25) is 0 Å². The van der Waals surface area contributed by atoms with Crippen molar-refractivity contribution in [1.82, 2.24) is 0 Å². The molecule has 0 atom stereocenters. The summed E-state index contributed by atoms with van der Waals surface area (Å²) in [5.74, 6) is 0.702. The predicted octanol–water partition coefficient (Wildman–Crippen LogP) is 4.09. The van der Waals surface area contributed by atoms with E-state index in [2.05, 4.69) is 5.32 Å². The van der Waals surface area contributed by atoms with Gasteiger partial charge in [0.05, 0.1) is 13.2 Å². The van der Waals surface area contributed by atoms with E-state index in [0.29, 0.717) is 5.69 Å². The Balaban J connectivity index is 1.71. The Morgan fingerprint density at radius 2 is 1.84 bits per heavy atom. The molecule has 1 aliphatic rings. The Hall–Kier alpha value is -2.30. The van der Waals surface area contributed by atoms with Crippen LogP contribution in [0.4, 0.5) is 5.69 Å². The monoisotopic (exact) mass is 345 g/mol. The van der Waals surface area contributed by atoms with E-state index in [1.165, 1.54) is 32.1 Å². The third-order valence-electron chi connectivity index (χ3n) is 4.30. The van der Waals surface area contributed by atoms with Crippen molar-refractivity contribution < 1.29 is 19.1 Å². The minimum atomic E-state index is -0.528. The summed E-state index contributed by atoms with van der Waals surface area (Å²) in [5.41, 5.74) is 0.651. The molecule has 0 aromatic heterocycles. The minimum Gasteiger partial charge on any atom is -0.494 e. The number of hydrogen-bond acceptors (Lipinski definition) is 4. The average molecular weight is 345 g/mol. The first-order valence-corrected chi connectivity index (χ1v) is 9.06. The lowest BCUT2D eigenvalue weighted by Crippen LogP contribution is -2.11. The molecule has 5 nitrogen and oxygen atoms in total. The SMILES string of the molecule is CCOC(=O)/C=C/C(=O)Nc1ccc(OCCC2CCCCC2)cc1. The van der Waals surface area contributed by atoms with E-state index in [0.717, 1.165) is 36.8 Å². The molecule has 25 heavy (non-hydrogen) atoms. The van der Waals surface area contributed by atoms with Gasteiger partial charge < -0.3 is 14.8 Å². The number of ether oxygens (including phenoxy) is 2. The van der Waals surface area contributed by atoms with Gasteiger partial charge in [0, 0.05) is 17.8 Å². The maximum atomic E-state index is 11.7. The maximum absolute atomic E-state index is 11.7. The number of hydrogen-bond donors (Lipinski definition) is 1. The van der Waals surface area contributed by atoms with E-state index < -0.39 is 5.97 Å². The highest BCUT2D eigenvalue weighted by Gasteiger charge is 2.13. The molecule has 1 aromatic carbocycles. The van der Waals surface area contributed by atoms with E-state index in [9.17, 15) is 9.59 Å². The van der Waals surface area contributed by atoms with Crippen molar-refractivity contribution in [2.24, 2.45) is 5.92 Å². The molecule has 1 aliphatic carbocycles. The van der Waals surface area contributed by atoms with Crippen LogP contribution in [0.15, 0.2) is 36.4 Å². The fraction of sp³-hybridized carbons (Fsp3) is 0.500. The van der Waals surface area contributed by atoms with Gasteiger partial charge in [-0.1, -0.05) is 32.1 Å². The summed E-state index contributed by atoms with van der Waals surface area (Å²) in [6.45, 7) is 2.73. The molecular formula is C20H27NO4. The molecule has 1 amide bonds. The Morgan fingerprint density at radius 3 is 2.52 bits per heavy atom. The van der Waals surface area contributed by atoms with Crippen LogP contribution in [0.3, 0.4) is 0 Å². The standard InChI is InChI=1S/C20H27NO4/c1-2-24-20(23)13-12-19(22)21-17-8-10-18(11-9-17)25-15-14-16-6-4-3-5-7-16/h8-13,16H,2-7,14-15H2,1H3,(H,21,22)/b13-12+. The van der Waals surface area contributed by atoms with Gasteiger partial charge in [0.15, 0.2) is 0 Å². The fourth-order valence-electron chi connectivity index (χ4n) is 2.97. The lowest BCUT2D eigenvalue weighted by atomic mass is 9.87. The van der Waals surface area contributed by atoms with Crippen LogP contribution in [0.1, 0.15) is 45.4 Å². The molecule has 1 fully saturated rings. The quantitative estimate of drug-likeness (QED) is 0.569. The number of rotatable bonds is 8. The molecule has 2 rings (SSSR count). The van der Waals surface area contributed by atoms with Gasteiger partial charge >= 0.3 is 5.97 Å². The van der Waals surface area contributed by atoms with Crippen LogP contribution >= 0.6 is 0 Å². The number of benzene rings is 1. The van der Waals surface area contributed by atoms with Gasteiger partial charge in [-0.3, -0.25) is 4.79 Å². The van der Waals surface area contributed by atoms with Crippen LogP contribution in [0, 0.1) is 5.92 Å². The van der Waals surface area contributed by atoms with E-state index in [4.69, 9.17) is 9.47 Å². The Kier molecular flexibility index (Phi) is 8.02. The molecule has 0 heterocycles. The highest BCUT2D eigenvalue weighted by Crippen LogP contribution is 2.26. The Bertz CT molecular complexity index is 574. The van der Waals surface area contributed by atoms with Crippen LogP contribution in [0.5, 0.6) is 5.75 Å². The summed E-state index contributed by atoms with van der Waals surface area (Å²) in [7, 11) is 0. The zero-order valence-corrected chi connectivity index (χ0v) is 14.8. The second-order valence-corrected chi connectivity index (χ2v) is 6.24. The highest BCUT2D eigenvalue weighted by molar-refractivity contribution is 6.02. The van der Waals surface area contributed by atoms with E-state index in [1.54, 1.807) is 19.1 Å². The van der Waals surface area contributed by atoms with Crippen molar-refractivity contribution in [2.75, 3.05) is 18.5 Å². The summed E-state index contributed by atoms with van der Waals surface area (Å²) in [6, 6.07) is 7.25. The first-order chi connectivity index (χ1) is 12.2. The highest BCUT2D eigenvalue weighted by atomic mass is 16.5. The van der Waals surface area contributed by atoms with Crippen LogP contribution in [0.25, 0.3) is 0 Å². The molecule has 0 spiro atoms. The van der Waals surface area contributed by atoms with Crippen LogP contribution < -0.4 is 10.1 Å². The number of anilines is 1. The van der Waals surface area contributed by atoms with E-state index >= 15 is 0 Å². The van der Waals surface area contributed by atoms with Crippen LogP contribution in [-0.2, 0) is 14.3 Å². The Morgan fingerprint density at radius 1 is 1.12 bits per heavy atom. The maximum Gasteiger partial charge on any atom is 0.330 e. The molecule has 136 valence electrons. The fourth-order valence-corrected chi connectivity index (χ4v) is 2.97. The summed E-state index contributed by atoms with van der Waals surface area (Å²) < 4.78 is 10.5. The average Bonchev–Trinajstić information content (AvgIpc) is 2.63. The van der Waals surface area contributed by atoms with Gasteiger partial charge in [0.2, 0.25) is 5.91 Å². The molecule has 1 aromatic rings. The van der Waals surface area contributed by atoms with Crippen molar-refractivity contribution >= 4 is 17.6 Å². The number of amides is 1. The van der Waals surface area contributed by atoms with Gasteiger partial charge in [0.25, 0.3) is 0 Å². The first-order valence-electron chi connectivity index (χ1n) is 9.06. The van der Waals surface area contributed by atoms with Crippen molar-refractivity contribution in [3.63, 3.8) is 0 Å². The van der Waals surface area contributed by atoms with Gasteiger partial charge in [-0.15, -0.1) is 0 Å². The largest absolute Gasteiger partial charge is 0.494 e. The second kappa shape index (κ2) is 10.5. The molecular weight excluding hydrogens is 318 g/mol. The molecule has 5 heteroatoms. The lowest BCUT2D eigenvalue weighted by Gasteiger charge is -2.21. The molecule has 0 unspecified atom stereocenters. The molecule has 0 radical (unpaired) electrons. The summed E-state index contributed by atoms with van der Waals surface area (Å²) in [6.07, 6.45) is 10.1. The minimum absolute atomic E-state index is 0.285. The zero-order valence-electron chi connectivity index (χ0n) is 14.8. The molecule has 1 saturated carbocycles. The van der Waals surface area contributed by atoms with Gasteiger partial charge in [-0.25, -0.2) is 4.79 Å². The van der Waals surface area contributed by atoms with Crippen LogP contribution in [-0.4, -0.2) is 25.1 Å². The van der Waals surface area contributed by atoms with Crippen molar-refractivity contribution in [3.05, 3.63) is 36.4 Å². The van der Waals surface area contributed by atoms with Gasteiger partial charge in [-0.05, 0) is 43.5 Å². The zero-order chi connectivity index (χ0) is 17.9. The second-order valence-electron chi connectivity index (χ2n) is 6.24. The number of nitrogens with one attached hydrogen (secondary N) is 1.